The maximum absolute atomic E-state index is 14.7. The Morgan fingerprint density at radius 2 is 2.08 bits per heavy atom. The highest BCUT2D eigenvalue weighted by Crippen LogP contribution is 2.33. The number of carbonyl (C=O) groups excluding carboxylic acids is 1. The minimum absolute atomic E-state index is 0.0245. The van der Waals surface area contributed by atoms with Crippen molar-refractivity contribution in [3.63, 3.8) is 0 Å². The van der Waals surface area contributed by atoms with Gasteiger partial charge in [-0.3, -0.25) is 8.98 Å². The zero-order valence-corrected chi connectivity index (χ0v) is 19.6. The normalized spacial score (nSPS) is 22.3. The molecule has 16 heteroatoms. The number of anilines is 1. The number of carbonyl (C=O) groups is 1. The van der Waals surface area contributed by atoms with E-state index in [2.05, 4.69) is 19.5 Å². The first-order valence-electron chi connectivity index (χ1n) is 10.7. The zero-order chi connectivity index (χ0) is 27.0. The predicted molar refractivity (Wildman–Crippen MR) is 118 cm³/mol. The van der Waals surface area contributed by atoms with Gasteiger partial charge in [-0.25, -0.2) is 19.5 Å². The van der Waals surface area contributed by atoms with Gasteiger partial charge in [0.2, 0.25) is 5.76 Å². The number of aliphatic hydroxyl groups is 1. The molecule has 4 N–H and O–H groups in total. The second-order valence-corrected chi connectivity index (χ2v) is 9.63. The third kappa shape index (κ3) is 6.33. The second-order valence-electron chi connectivity index (χ2n) is 8.41. The summed E-state index contributed by atoms with van der Waals surface area (Å²) in [6.07, 6.45) is -2.84. The standard InChI is InChI=1S/C21H21F4N5O6S/c22-17-15(5-12(19(17)32)9-35-37(26,33)34)29-20-14(6-27-10-28-20)18(31)11-3-4-30(7-11)8-13-1-2-16(36-13)21(23,24)25/h1-4,6-7,10,12,15,17,19,32H,5,8-9H2,(H2,26,33,34)(H,27,28,29)/t12-,15-,17-,19-/m1/s1. The van der Waals surface area contributed by atoms with E-state index in [4.69, 9.17) is 9.56 Å². The summed E-state index contributed by atoms with van der Waals surface area (Å²) in [4.78, 5) is 20.9. The van der Waals surface area contributed by atoms with Gasteiger partial charge >= 0.3 is 16.5 Å². The molecule has 1 aliphatic rings. The third-order valence-corrected chi connectivity index (χ3v) is 6.23. The van der Waals surface area contributed by atoms with Gasteiger partial charge in [0.25, 0.3) is 0 Å². The number of halogens is 4. The summed E-state index contributed by atoms with van der Waals surface area (Å²) in [5, 5.41) is 17.7. The quantitative estimate of drug-likeness (QED) is 0.268. The fourth-order valence-corrected chi connectivity index (χ4v) is 4.36. The number of rotatable bonds is 9. The molecular weight excluding hydrogens is 526 g/mol. The largest absolute Gasteiger partial charge is 0.455 e. The summed E-state index contributed by atoms with van der Waals surface area (Å²) in [6, 6.07) is 2.40. The van der Waals surface area contributed by atoms with Crippen molar-refractivity contribution in [3.8, 4) is 0 Å². The van der Waals surface area contributed by atoms with Crippen LogP contribution in [0.25, 0.3) is 0 Å². The van der Waals surface area contributed by atoms with Gasteiger partial charge in [-0.15, -0.1) is 0 Å². The molecule has 0 spiro atoms. The molecule has 0 bridgehead atoms. The average molecular weight is 547 g/mol. The number of nitrogens with zero attached hydrogens (tertiary/aromatic N) is 3. The Morgan fingerprint density at radius 3 is 2.76 bits per heavy atom. The van der Waals surface area contributed by atoms with Gasteiger partial charge in [0, 0.05) is 30.1 Å². The Labute approximate surface area is 207 Å². The van der Waals surface area contributed by atoms with Crippen LogP contribution in [-0.2, 0) is 27.2 Å². The lowest BCUT2D eigenvalue weighted by Crippen LogP contribution is -2.33. The summed E-state index contributed by atoms with van der Waals surface area (Å²) >= 11 is 0. The zero-order valence-electron chi connectivity index (χ0n) is 18.8. The van der Waals surface area contributed by atoms with Gasteiger partial charge < -0.3 is 19.4 Å². The van der Waals surface area contributed by atoms with E-state index in [0.717, 1.165) is 12.4 Å². The Bertz CT molecular complexity index is 1380. The van der Waals surface area contributed by atoms with Crippen molar-refractivity contribution < 1.29 is 44.5 Å². The number of alkyl halides is 4. The average Bonchev–Trinajstić information content (AvgIpc) is 3.54. The van der Waals surface area contributed by atoms with E-state index in [9.17, 15) is 35.9 Å². The van der Waals surface area contributed by atoms with Crippen molar-refractivity contribution >= 4 is 21.9 Å². The molecular formula is C21H21F4N5O6S. The van der Waals surface area contributed by atoms with E-state index >= 15 is 0 Å². The Morgan fingerprint density at radius 1 is 1.32 bits per heavy atom. The van der Waals surface area contributed by atoms with Crippen molar-refractivity contribution in [2.75, 3.05) is 11.9 Å². The number of nitrogens with one attached hydrogen (secondary N) is 1. The number of aromatic nitrogens is 3. The maximum atomic E-state index is 14.7. The van der Waals surface area contributed by atoms with E-state index in [-0.39, 0.29) is 35.7 Å². The molecule has 0 radical (unpaired) electrons. The summed E-state index contributed by atoms with van der Waals surface area (Å²) in [5.41, 5.74) is 0.131. The Balaban J connectivity index is 1.46. The lowest BCUT2D eigenvalue weighted by molar-refractivity contribution is -0.153. The number of furan rings is 1. The lowest BCUT2D eigenvalue weighted by atomic mass is 10.1. The smallest absolute Gasteiger partial charge is 0.449 e. The summed E-state index contributed by atoms with van der Waals surface area (Å²) < 4.78 is 85.7. The molecule has 3 aromatic heterocycles. The van der Waals surface area contributed by atoms with Crippen LogP contribution in [0.4, 0.5) is 23.4 Å². The monoisotopic (exact) mass is 547 g/mol. The van der Waals surface area contributed by atoms with Gasteiger partial charge in [0.05, 0.1) is 30.9 Å². The van der Waals surface area contributed by atoms with Crippen molar-refractivity contribution in [3.05, 3.63) is 65.8 Å². The molecule has 37 heavy (non-hydrogen) atoms. The minimum atomic E-state index is -4.62. The molecule has 1 aliphatic carbocycles. The van der Waals surface area contributed by atoms with Crippen molar-refractivity contribution in [2.24, 2.45) is 11.1 Å². The van der Waals surface area contributed by atoms with Crippen molar-refractivity contribution in [1.29, 1.82) is 0 Å². The first-order chi connectivity index (χ1) is 17.3. The lowest BCUT2D eigenvalue weighted by Gasteiger charge is -2.18. The van der Waals surface area contributed by atoms with Crippen molar-refractivity contribution in [1.82, 2.24) is 14.5 Å². The third-order valence-electron chi connectivity index (χ3n) is 5.77. The molecule has 4 atom stereocenters. The van der Waals surface area contributed by atoms with Gasteiger partial charge in [0.15, 0.2) is 5.78 Å². The highest BCUT2D eigenvalue weighted by Gasteiger charge is 2.44. The van der Waals surface area contributed by atoms with Crippen LogP contribution in [0.15, 0.2) is 47.5 Å². The van der Waals surface area contributed by atoms with Gasteiger partial charge in [-0.1, -0.05) is 0 Å². The van der Waals surface area contributed by atoms with E-state index in [0.29, 0.717) is 0 Å². The first-order valence-corrected chi connectivity index (χ1v) is 12.2. The van der Waals surface area contributed by atoms with E-state index in [1.807, 2.05) is 0 Å². The van der Waals surface area contributed by atoms with E-state index < -0.39 is 58.9 Å². The first kappa shape index (κ1) is 26.7. The van der Waals surface area contributed by atoms with E-state index in [1.165, 1.54) is 35.3 Å². The van der Waals surface area contributed by atoms with Crippen LogP contribution in [0.1, 0.15) is 33.9 Å². The Kier molecular flexibility index (Phi) is 7.36. The van der Waals surface area contributed by atoms with Crippen LogP contribution in [0.5, 0.6) is 0 Å². The van der Waals surface area contributed by atoms with Crippen LogP contribution >= 0.6 is 0 Å². The van der Waals surface area contributed by atoms with Gasteiger partial charge in [0.1, 0.15) is 24.1 Å². The Hall–Kier alpha value is -3.34. The van der Waals surface area contributed by atoms with Crippen LogP contribution in [-0.4, -0.2) is 58.8 Å². The van der Waals surface area contributed by atoms with Crippen LogP contribution in [0.3, 0.4) is 0 Å². The topological polar surface area (TPSA) is 163 Å². The highest BCUT2D eigenvalue weighted by molar-refractivity contribution is 7.84. The summed E-state index contributed by atoms with van der Waals surface area (Å²) in [7, 11) is -4.28. The molecule has 0 aromatic carbocycles. The molecule has 0 aliphatic heterocycles. The maximum Gasteiger partial charge on any atom is 0.449 e. The van der Waals surface area contributed by atoms with E-state index in [1.54, 1.807) is 0 Å². The number of hydrogen-bond acceptors (Lipinski definition) is 9. The van der Waals surface area contributed by atoms with Crippen LogP contribution in [0, 0.1) is 5.92 Å². The SMILES string of the molecule is NS(=O)(=O)OC[C@H]1C[C@@H](Nc2ncncc2C(=O)c2ccn(Cc3ccc(C(F)(F)F)o3)c2)[C@@H](F)[C@@H]1O. The minimum Gasteiger partial charge on any atom is -0.455 e. The van der Waals surface area contributed by atoms with Crippen LogP contribution < -0.4 is 10.5 Å². The number of hydrogen-bond donors (Lipinski definition) is 3. The number of aliphatic hydroxyl groups excluding tert-OH is 1. The summed E-state index contributed by atoms with van der Waals surface area (Å²) in [6.45, 7) is -0.590. The molecule has 1 saturated carbocycles. The van der Waals surface area contributed by atoms with Gasteiger partial charge in [-0.2, -0.15) is 21.6 Å². The molecule has 0 amide bonds. The fourth-order valence-electron chi connectivity index (χ4n) is 3.99. The number of ketones is 1. The highest BCUT2D eigenvalue weighted by atomic mass is 32.2. The number of nitrogens with two attached hydrogens (primary N) is 1. The molecule has 0 saturated heterocycles. The molecule has 3 heterocycles. The predicted octanol–water partition coefficient (Wildman–Crippen LogP) is 1.89. The fraction of sp³-hybridized carbons (Fsp3) is 0.381. The second kappa shape index (κ2) is 10.2. The molecule has 3 aromatic rings. The molecule has 1 fully saturated rings. The molecule has 4 rings (SSSR count). The van der Waals surface area contributed by atoms with Gasteiger partial charge in [-0.05, 0) is 24.6 Å². The molecule has 11 nitrogen and oxygen atoms in total. The summed E-state index contributed by atoms with van der Waals surface area (Å²) in [5.74, 6) is -2.58. The van der Waals surface area contributed by atoms with Crippen molar-refractivity contribution in [2.45, 2.75) is 37.5 Å². The molecule has 0 unspecified atom stereocenters. The molecule has 200 valence electrons. The van der Waals surface area contributed by atoms with Crippen LogP contribution in [0.2, 0.25) is 0 Å².